The largest absolute Gasteiger partial charge is 0.384 e. The first kappa shape index (κ1) is 10.5. The summed E-state index contributed by atoms with van der Waals surface area (Å²) in [6.07, 6.45) is 0.558. The van der Waals surface area contributed by atoms with E-state index < -0.39 is 0 Å². The van der Waals surface area contributed by atoms with E-state index in [1.54, 1.807) is 7.11 Å². The number of hydrogen-bond acceptors (Lipinski definition) is 6. The predicted molar refractivity (Wildman–Crippen MR) is 51.4 cm³/mol. The maximum Gasteiger partial charge on any atom is 0.229 e. The molecule has 1 aromatic rings. The summed E-state index contributed by atoms with van der Waals surface area (Å²) in [7, 11) is 1.64. The molecule has 0 aliphatic carbocycles. The monoisotopic (exact) mass is 213 g/mol. The lowest BCUT2D eigenvalue weighted by Crippen LogP contribution is -2.33. The van der Waals surface area contributed by atoms with E-state index in [0.717, 1.165) is 13.1 Å². The summed E-state index contributed by atoms with van der Waals surface area (Å²) in [4.78, 5) is 4.25. The highest BCUT2D eigenvalue weighted by Crippen LogP contribution is 2.15. The molecule has 1 N–H and O–H groups in total. The molecule has 2 rings (SSSR count). The van der Waals surface area contributed by atoms with Gasteiger partial charge in [0, 0.05) is 20.2 Å². The van der Waals surface area contributed by atoms with Gasteiger partial charge in [0.15, 0.2) is 0 Å². The standard InChI is InChI=1S/C9H15N3O3/c1-13-4-2-8-11-9(12-15-8)7-6-10-3-5-14-7/h7,10H,2-6H2,1H3. The van der Waals surface area contributed by atoms with Gasteiger partial charge < -0.3 is 19.3 Å². The van der Waals surface area contributed by atoms with Gasteiger partial charge in [-0.15, -0.1) is 0 Å². The van der Waals surface area contributed by atoms with Crippen LogP contribution in [-0.4, -0.2) is 43.6 Å². The Labute approximate surface area is 87.9 Å². The smallest absolute Gasteiger partial charge is 0.229 e. The van der Waals surface area contributed by atoms with Crippen molar-refractivity contribution in [1.82, 2.24) is 15.5 Å². The van der Waals surface area contributed by atoms with Crippen LogP contribution in [0.15, 0.2) is 4.52 Å². The summed E-state index contributed by atoms with van der Waals surface area (Å²) in [5.41, 5.74) is 0. The van der Waals surface area contributed by atoms with Crippen LogP contribution in [0.5, 0.6) is 0 Å². The zero-order valence-corrected chi connectivity index (χ0v) is 8.73. The van der Waals surface area contributed by atoms with Crippen LogP contribution < -0.4 is 5.32 Å². The minimum atomic E-state index is -0.0844. The van der Waals surface area contributed by atoms with Gasteiger partial charge in [0.05, 0.1) is 19.6 Å². The van der Waals surface area contributed by atoms with E-state index in [-0.39, 0.29) is 6.10 Å². The Kier molecular flexibility index (Phi) is 3.65. The number of nitrogens with one attached hydrogen (secondary N) is 1. The van der Waals surface area contributed by atoms with Crippen LogP contribution in [0, 0.1) is 0 Å². The van der Waals surface area contributed by atoms with E-state index in [1.165, 1.54) is 0 Å². The van der Waals surface area contributed by atoms with Crippen molar-refractivity contribution in [2.75, 3.05) is 33.4 Å². The Morgan fingerprint density at radius 2 is 2.53 bits per heavy atom. The van der Waals surface area contributed by atoms with Crippen molar-refractivity contribution >= 4 is 0 Å². The van der Waals surface area contributed by atoms with Crippen LogP contribution in [0.1, 0.15) is 17.8 Å². The van der Waals surface area contributed by atoms with Gasteiger partial charge >= 0.3 is 0 Å². The lowest BCUT2D eigenvalue weighted by atomic mass is 10.3. The highest BCUT2D eigenvalue weighted by molar-refractivity contribution is 4.93. The minimum absolute atomic E-state index is 0.0844. The summed E-state index contributed by atoms with van der Waals surface area (Å²) in [5, 5.41) is 7.10. The topological polar surface area (TPSA) is 69.4 Å². The van der Waals surface area contributed by atoms with Gasteiger partial charge in [-0.3, -0.25) is 0 Å². The van der Waals surface area contributed by atoms with Crippen molar-refractivity contribution in [2.45, 2.75) is 12.5 Å². The van der Waals surface area contributed by atoms with Gasteiger partial charge in [0.2, 0.25) is 11.7 Å². The minimum Gasteiger partial charge on any atom is -0.384 e. The molecule has 0 amide bonds. The first-order chi connectivity index (χ1) is 7.40. The number of hydrogen-bond donors (Lipinski definition) is 1. The van der Waals surface area contributed by atoms with Crippen LogP contribution in [0.3, 0.4) is 0 Å². The Hall–Kier alpha value is -0.980. The summed E-state index contributed by atoms with van der Waals surface area (Å²) in [6.45, 7) is 2.89. The number of morpholine rings is 1. The number of methoxy groups -OCH3 is 1. The SMILES string of the molecule is COCCc1nc(C2CNCCO2)no1. The first-order valence-corrected chi connectivity index (χ1v) is 5.04. The zero-order chi connectivity index (χ0) is 10.5. The van der Waals surface area contributed by atoms with Crippen molar-refractivity contribution in [1.29, 1.82) is 0 Å². The maximum absolute atomic E-state index is 5.50. The van der Waals surface area contributed by atoms with Crippen molar-refractivity contribution < 1.29 is 14.0 Å². The summed E-state index contributed by atoms with van der Waals surface area (Å²) in [6, 6.07) is 0. The molecule has 1 unspecified atom stereocenters. The molecule has 6 heteroatoms. The Morgan fingerprint density at radius 3 is 3.27 bits per heavy atom. The maximum atomic E-state index is 5.50. The van der Waals surface area contributed by atoms with Crippen LogP contribution in [0.4, 0.5) is 0 Å². The van der Waals surface area contributed by atoms with E-state index in [9.17, 15) is 0 Å². The summed E-state index contributed by atoms with van der Waals surface area (Å²) in [5.74, 6) is 1.22. The first-order valence-electron chi connectivity index (χ1n) is 5.04. The second kappa shape index (κ2) is 5.20. The fraction of sp³-hybridized carbons (Fsp3) is 0.778. The Balaban J connectivity index is 1.93. The third kappa shape index (κ3) is 2.74. The molecule has 1 fully saturated rings. The van der Waals surface area contributed by atoms with Gasteiger partial charge in [-0.05, 0) is 0 Å². The van der Waals surface area contributed by atoms with Crippen molar-refractivity contribution in [2.24, 2.45) is 0 Å². The molecule has 6 nitrogen and oxygen atoms in total. The Bertz CT molecular complexity index is 297. The van der Waals surface area contributed by atoms with E-state index in [1.807, 2.05) is 0 Å². The highest BCUT2D eigenvalue weighted by atomic mass is 16.5. The van der Waals surface area contributed by atoms with Crippen LogP contribution in [0.25, 0.3) is 0 Å². The second-order valence-electron chi connectivity index (χ2n) is 3.35. The van der Waals surface area contributed by atoms with Crippen molar-refractivity contribution in [3.8, 4) is 0 Å². The van der Waals surface area contributed by atoms with Gasteiger partial charge in [-0.1, -0.05) is 5.16 Å². The molecule has 0 aromatic carbocycles. The normalized spacial score (nSPS) is 21.8. The summed E-state index contributed by atoms with van der Waals surface area (Å²) < 4.78 is 15.5. The number of ether oxygens (including phenoxy) is 2. The van der Waals surface area contributed by atoms with E-state index in [2.05, 4.69) is 15.5 Å². The van der Waals surface area contributed by atoms with Crippen LogP contribution in [-0.2, 0) is 15.9 Å². The molecule has 0 radical (unpaired) electrons. The third-order valence-corrected chi connectivity index (χ3v) is 2.22. The molecule has 1 aromatic heterocycles. The summed E-state index contributed by atoms with van der Waals surface area (Å²) >= 11 is 0. The fourth-order valence-electron chi connectivity index (χ4n) is 1.42. The highest BCUT2D eigenvalue weighted by Gasteiger charge is 2.21. The molecule has 0 bridgehead atoms. The lowest BCUT2D eigenvalue weighted by molar-refractivity contribution is 0.0208. The van der Waals surface area contributed by atoms with Gasteiger partial charge in [-0.2, -0.15) is 4.98 Å². The molecule has 0 spiro atoms. The molecular weight excluding hydrogens is 198 g/mol. The molecule has 0 saturated carbocycles. The molecule has 2 heterocycles. The van der Waals surface area contributed by atoms with Gasteiger partial charge in [0.25, 0.3) is 0 Å². The third-order valence-electron chi connectivity index (χ3n) is 2.22. The van der Waals surface area contributed by atoms with Gasteiger partial charge in [-0.25, -0.2) is 0 Å². The van der Waals surface area contributed by atoms with E-state index in [4.69, 9.17) is 14.0 Å². The predicted octanol–water partition coefficient (Wildman–Crippen LogP) is -0.0806. The second-order valence-corrected chi connectivity index (χ2v) is 3.35. The molecular formula is C9H15N3O3. The van der Waals surface area contributed by atoms with Crippen molar-refractivity contribution in [3.63, 3.8) is 0 Å². The Morgan fingerprint density at radius 1 is 1.60 bits per heavy atom. The molecule has 15 heavy (non-hydrogen) atoms. The quantitative estimate of drug-likeness (QED) is 0.754. The number of rotatable bonds is 4. The molecule has 1 aliphatic heterocycles. The van der Waals surface area contributed by atoms with Crippen molar-refractivity contribution in [3.05, 3.63) is 11.7 Å². The van der Waals surface area contributed by atoms with E-state index in [0.29, 0.717) is 31.3 Å². The van der Waals surface area contributed by atoms with Crippen LogP contribution >= 0.6 is 0 Å². The van der Waals surface area contributed by atoms with E-state index >= 15 is 0 Å². The fourth-order valence-corrected chi connectivity index (χ4v) is 1.42. The average Bonchev–Trinajstić information content (AvgIpc) is 2.76. The van der Waals surface area contributed by atoms with Crippen LogP contribution in [0.2, 0.25) is 0 Å². The lowest BCUT2D eigenvalue weighted by Gasteiger charge is -2.20. The zero-order valence-electron chi connectivity index (χ0n) is 8.73. The molecule has 84 valence electrons. The van der Waals surface area contributed by atoms with Gasteiger partial charge in [0.1, 0.15) is 6.10 Å². The molecule has 1 aliphatic rings. The number of nitrogens with zero attached hydrogens (tertiary/aromatic N) is 2. The number of aromatic nitrogens is 2. The average molecular weight is 213 g/mol. The molecule has 1 atom stereocenters. The molecule has 1 saturated heterocycles.